The summed E-state index contributed by atoms with van der Waals surface area (Å²) in [6.07, 6.45) is 0. The summed E-state index contributed by atoms with van der Waals surface area (Å²) in [5.41, 5.74) is 0.596. The van der Waals surface area contributed by atoms with Crippen molar-refractivity contribution in [1.29, 1.82) is 5.41 Å². The normalized spacial score (nSPS) is 8.94. The molecule has 4 nitrogen and oxygen atoms in total. The molecule has 0 amide bonds. The number of hydrogen-bond acceptors (Lipinski definition) is 4. The highest BCUT2D eigenvalue weighted by Crippen LogP contribution is 2.30. The third kappa shape index (κ3) is 3.03. The molecule has 0 aliphatic rings. The van der Waals surface area contributed by atoms with Crippen LogP contribution in [0.1, 0.15) is 12.5 Å². The van der Waals surface area contributed by atoms with Crippen LogP contribution < -0.4 is 9.47 Å². The fraction of sp³-hybridized carbons (Fsp3) is 0.364. The first kappa shape index (κ1) is 14.6. The molecule has 1 rings (SSSR count). The van der Waals surface area contributed by atoms with Crippen LogP contribution in [0.5, 0.6) is 11.5 Å². The van der Waals surface area contributed by atoms with E-state index in [2.05, 4.69) is 0 Å². The van der Waals surface area contributed by atoms with Crippen LogP contribution in [-0.2, 0) is 4.74 Å². The highest BCUT2D eigenvalue weighted by atomic mass is 35.5. The molecule has 0 aliphatic carbocycles. The fourth-order valence-electron chi connectivity index (χ4n) is 1.29. The third-order valence-corrected chi connectivity index (χ3v) is 1.94. The molecule has 0 radical (unpaired) electrons. The van der Waals surface area contributed by atoms with Crippen molar-refractivity contribution >= 4 is 18.3 Å². The minimum absolute atomic E-state index is 0. The van der Waals surface area contributed by atoms with Gasteiger partial charge in [-0.2, -0.15) is 0 Å². The van der Waals surface area contributed by atoms with Crippen molar-refractivity contribution in [3.63, 3.8) is 0 Å². The zero-order chi connectivity index (χ0) is 11.3. The highest BCUT2D eigenvalue weighted by molar-refractivity contribution is 5.95. The predicted octanol–water partition coefficient (Wildman–Crippen LogP) is 2.49. The number of benzene rings is 1. The van der Waals surface area contributed by atoms with Crippen LogP contribution in [0.15, 0.2) is 18.2 Å². The van der Waals surface area contributed by atoms with E-state index < -0.39 is 0 Å². The zero-order valence-electron chi connectivity index (χ0n) is 9.57. The smallest absolute Gasteiger partial charge is 0.217 e. The van der Waals surface area contributed by atoms with E-state index in [1.54, 1.807) is 32.4 Å². The Morgan fingerprint density at radius 2 is 1.94 bits per heavy atom. The molecule has 0 fully saturated rings. The Morgan fingerprint density at radius 1 is 1.25 bits per heavy atom. The lowest BCUT2D eigenvalue weighted by Crippen LogP contribution is -2.07. The number of nitrogens with one attached hydrogen (secondary N) is 1. The highest BCUT2D eigenvalue weighted by Gasteiger charge is 2.13. The van der Waals surface area contributed by atoms with Gasteiger partial charge >= 0.3 is 0 Å². The molecule has 0 saturated heterocycles. The van der Waals surface area contributed by atoms with Gasteiger partial charge in [-0.3, -0.25) is 5.41 Å². The van der Waals surface area contributed by atoms with Gasteiger partial charge in [0, 0.05) is 0 Å². The summed E-state index contributed by atoms with van der Waals surface area (Å²) >= 11 is 0. The topological polar surface area (TPSA) is 51.5 Å². The summed E-state index contributed by atoms with van der Waals surface area (Å²) < 4.78 is 15.4. The molecule has 0 aromatic heterocycles. The van der Waals surface area contributed by atoms with Gasteiger partial charge in [-0.05, 0) is 19.1 Å². The maximum atomic E-state index is 7.69. The van der Waals surface area contributed by atoms with Gasteiger partial charge in [0.25, 0.3) is 0 Å². The van der Waals surface area contributed by atoms with Crippen LogP contribution in [0.4, 0.5) is 0 Å². The molecular weight excluding hydrogens is 230 g/mol. The van der Waals surface area contributed by atoms with Gasteiger partial charge < -0.3 is 14.2 Å². The number of methoxy groups -OCH3 is 2. The van der Waals surface area contributed by atoms with Crippen molar-refractivity contribution in [3.8, 4) is 11.5 Å². The van der Waals surface area contributed by atoms with E-state index in [0.717, 1.165) is 0 Å². The maximum absolute atomic E-state index is 7.69. The van der Waals surface area contributed by atoms with Crippen molar-refractivity contribution < 1.29 is 14.2 Å². The molecule has 5 heteroatoms. The zero-order valence-corrected chi connectivity index (χ0v) is 10.4. The Balaban J connectivity index is 0.00000225. The summed E-state index contributed by atoms with van der Waals surface area (Å²) in [5.74, 6) is 1.21. The average Bonchev–Trinajstić information content (AvgIpc) is 2.28. The molecule has 1 aromatic rings. The first-order valence-corrected chi connectivity index (χ1v) is 4.67. The first-order valence-electron chi connectivity index (χ1n) is 4.67. The second kappa shape index (κ2) is 6.95. The van der Waals surface area contributed by atoms with Gasteiger partial charge in [0.05, 0.1) is 26.4 Å². The van der Waals surface area contributed by atoms with Crippen molar-refractivity contribution in [2.75, 3.05) is 20.8 Å². The van der Waals surface area contributed by atoms with E-state index in [4.69, 9.17) is 19.6 Å². The van der Waals surface area contributed by atoms with Gasteiger partial charge in [0.15, 0.2) is 11.5 Å². The SMILES string of the molecule is CCOC(=N)c1cccc(OC)c1OC.Cl. The van der Waals surface area contributed by atoms with Gasteiger partial charge in [-0.25, -0.2) is 0 Å². The molecular formula is C11H16ClNO3. The van der Waals surface area contributed by atoms with Crippen molar-refractivity contribution in [2.45, 2.75) is 6.92 Å². The van der Waals surface area contributed by atoms with E-state index in [1.807, 2.05) is 6.92 Å². The Bertz CT molecular complexity index is 355. The first-order chi connectivity index (χ1) is 7.24. The molecule has 90 valence electrons. The Morgan fingerprint density at radius 3 is 2.44 bits per heavy atom. The molecule has 0 bridgehead atoms. The minimum atomic E-state index is 0. The largest absolute Gasteiger partial charge is 0.493 e. The quantitative estimate of drug-likeness (QED) is 0.655. The number of ether oxygens (including phenoxy) is 3. The lowest BCUT2D eigenvalue weighted by atomic mass is 10.2. The summed E-state index contributed by atoms with van der Waals surface area (Å²) in [6.45, 7) is 2.29. The summed E-state index contributed by atoms with van der Waals surface area (Å²) in [5, 5.41) is 7.69. The number of rotatable bonds is 4. The second-order valence-corrected chi connectivity index (χ2v) is 2.80. The fourth-order valence-corrected chi connectivity index (χ4v) is 1.29. The monoisotopic (exact) mass is 245 g/mol. The van der Waals surface area contributed by atoms with E-state index >= 15 is 0 Å². The Labute approximate surface area is 101 Å². The Kier molecular flexibility index (Phi) is 6.34. The molecule has 16 heavy (non-hydrogen) atoms. The van der Waals surface area contributed by atoms with Gasteiger partial charge in [0.1, 0.15) is 0 Å². The van der Waals surface area contributed by atoms with Crippen LogP contribution >= 0.6 is 12.4 Å². The standard InChI is InChI=1S/C11H15NO3.ClH/c1-4-15-11(12)8-6-5-7-9(13-2)10(8)14-3;/h5-7,12H,4H2,1-3H3;1H. The van der Waals surface area contributed by atoms with Crippen LogP contribution in [0.2, 0.25) is 0 Å². The average molecular weight is 246 g/mol. The molecule has 1 N–H and O–H groups in total. The molecule has 0 spiro atoms. The number of para-hydroxylation sites is 1. The lowest BCUT2D eigenvalue weighted by molar-refractivity contribution is 0.319. The molecule has 0 aliphatic heterocycles. The van der Waals surface area contributed by atoms with Crippen molar-refractivity contribution in [1.82, 2.24) is 0 Å². The van der Waals surface area contributed by atoms with Crippen LogP contribution in [0.3, 0.4) is 0 Å². The van der Waals surface area contributed by atoms with E-state index in [1.165, 1.54) is 0 Å². The molecule has 0 unspecified atom stereocenters. The number of hydrogen-bond donors (Lipinski definition) is 1. The van der Waals surface area contributed by atoms with E-state index in [0.29, 0.717) is 23.7 Å². The lowest BCUT2D eigenvalue weighted by Gasteiger charge is -2.12. The summed E-state index contributed by atoms with van der Waals surface area (Å²) in [6, 6.07) is 5.34. The van der Waals surface area contributed by atoms with Crippen molar-refractivity contribution in [3.05, 3.63) is 23.8 Å². The summed E-state index contributed by atoms with van der Waals surface area (Å²) in [4.78, 5) is 0. The van der Waals surface area contributed by atoms with Gasteiger partial charge in [-0.1, -0.05) is 6.07 Å². The molecule has 0 heterocycles. The second-order valence-electron chi connectivity index (χ2n) is 2.80. The van der Waals surface area contributed by atoms with Crippen LogP contribution in [0.25, 0.3) is 0 Å². The maximum Gasteiger partial charge on any atom is 0.217 e. The summed E-state index contributed by atoms with van der Waals surface area (Å²) in [7, 11) is 3.10. The van der Waals surface area contributed by atoms with Gasteiger partial charge in [-0.15, -0.1) is 12.4 Å². The van der Waals surface area contributed by atoms with Crippen molar-refractivity contribution in [2.24, 2.45) is 0 Å². The van der Waals surface area contributed by atoms with Crippen LogP contribution in [0, 0.1) is 5.41 Å². The molecule has 0 atom stereocenters. The predicted molar refractivity (Wildman–Crippen MR) is 65.2 cm³/mol. The van der Waals surface area contributed by atoms with E-state index in [9.17, 15) is 0 Å². The number of halogens is 1. The molecule has 0 saturated carbocycles. The van der Waals surface area contributed by atoms with Crippen LogP contribution in [-0.4, -0.2) is 26.7 Å². The van der Waals surface area contributed by atoms with Gasteiger partial charge in [0.2, 0.25) is 5.90 Å². The third-order valence-electron chi connectivity index (χ3n) is 1.94. The molecule has 1 aromatic carbocycles. The Hall–Kier alpha value is -1.42. The van der Waals surface area contributed by atoms with E-state index in [-0.39, 0.29) is 18.3 Å². The minimum Gasteiger partial charge on any atom is -0.493 e.